The van der Waals surface area contributed by atoms with Crippen LogP contribution in [-0.2, 0) is 95.8 Å². The van der Waals surface area contributed by atoms with Crippen LogP contribution in [0.4, 0.5) is 0 Å². The minimum atomic E-state index is 0. The van der Waals surface area contributed by atoms with Gasteiger partial charge in [0, 0.05) is 0 Å². The second-order valence-corrected chi connectivity index (χ2v) is 0. The molecule has 0 unspecified atom stereocenters. The summed E-state index contributed by atoms with van der Waals surface area (Å²) in [5.41, 5.74) is 0. The third-order valence-electron chi connectivity index (χ3n) is 0. The molecule has 0 fully saturated rings. The zero-order valence-electron chi connectivity index (χ0n) is 2.53. The van der Waals surface area contributed by atoms with E-state index in [1.165, 1.54) is 0 Å². The Morgan fingerprint density at radius 3 is 0.750 bits per heavy atom. The fourth-order valence-electron chi connectivity index (χ4n) is 0. The topological polar surface area (TPSA) is 0 Å². The predicted molar refractivity (Wildman–Crippen MR) is 7.37 cm³/mol. The molecular formula is Cd2HgS+3. The Balaban J connectivity index is 0. The summed E-state index contributed by atoms with van der Waals surface area (Å²) in [7, 11) is 0. The number of hydrogen-bond donors (Lipinski definition) is 0. The first-order chi connectivity index (χ1) is 0. The van der Waals surface area contributed by atoms with Crippen LogP contribution < -0.4 is 0 Å². The molecule has 0 aromatic heterocycles. The van der Waals surface area contributed by atoms with Crippen molar-refractivity contribution >= 4 is 13.5 Å². The molecule has 0 N–H and O–H groups in total. The molecule has 0 atom stereocenters. The molecule has 0 saturated heterocycles. The summed E-state index contributed by atoms with van der Waals surface area (Å²) >= 11 is 0. The fraction of sp³-hybridized carbons (Fsp3) is 0. The first-order valence-corrected chi connectivity index (χ1v) is 0. The van der Waals surface area contributed by atoms with Gasteiger partial charge in [-0.3, -0.25) is 0 Å². The predicted octanol–water partition coefficient (Wildman–Crippen LogP) is -0.00990. The first kappa shape index (κ1) is 27.4. The summed E-state index contributed by atoms with van der Waals surface area (Å²) in [6.07, 6.45) is 0. The van der Waals surface area contributed by atoms with Crippen LogP contribution in [0.3, 0.4) is 0 Å². The van der Waals surface area contributed by atoms with Crippen molar-refractivity contribution in [3.8, 4) is 0 Å². The van der Waals surface area contributed by atoms with Crippen LogP contribution in [0.5, 0.6) is 0 Å². The van der Waals surface area contributed by atoms with Crippen molar-refractivity contribution in [2.24, 2.45) is 0 Å². The van der Waals surface area contributed by atoms with Gasteiger partial charge in [0.25, 0.3) is 0 Å². The maximum Gasteiger partial charge on any atom is 2.00 e. The molecule has 0 heterocycles. The van der Waals surface area contributed by atoms with Crippen molar-refractivity contribution in [1.82, 2.24) is 0 Å². The van der Waals surface area contributed by atoms with Gasteiger partial charge in [-0.2, -0.15) is 0 Å². The van der Waals surface area contributed by atoms with Gasteiger partial charge in [0.1, 0.15) is 0 Å². The van der Waals surface area contributed by atoms with E-state index in [1.807, 2.05) is 0 Å². The SMILES string of the molecule is [Cd+2].[Cd+2].[Hg+].[S-2]. The van der Waals surface area contributed by atoms with Crippen LogP contribution in [-0.4, -0.2) is 0 Å². The second-order valence-electron chi connectivity index (χ2n) is 0. The molecule has 0 aliphatic rings. The van der Waals surface area contributed by atoms with Crippen molar-refractivity contribution in [2.75, 3.05) is 0 Å². The molecule has 0 rings (SSSR count). The van der Waals surface area contributed by atoms with E-state index >= 15 is 0 Å². The van der Waals surface area contributed by atoms with Crippen LogP contribution in [0.15, 0.2) is 0 Å². The average molecular weight is 457 g/mol. The molecule has 0 aromatic rings. The standard InChI is InChI=1S/2Cd.Hg.S/q2*+2;+1;-2. The van der Waals surface area contributed by atoms with Gasteiger partial charge >= 0.3 is 82.3 Å². The molecule has 0 saturated carbocycles. The maximum absolute atomic E-state index is 0. The maximum atomic E-state index is 0. The molecule has 0 aliphatic carbocycles. The van der Waals surface area contributed by atoms with Gasteiger partial charge in [-0.1, -0.05) is 0 Å². The molecular weight excluding hydrogens is 457 g/mol. The number of rotatable bonds is 0. The van der Waals surface area contributed by atoms with E-state index in [0.29, 0.717) is 0 Å². The first-order valence-electron chi connectivity index (χ1n) is 0. The van der Waals surface area contributed by atoms with E-state index in [0.717, 1.165) is 0 Å². The Kier molecular flexibility index (Phi) is 113. The van der Waals surface area contributed by atoms with Gasteiger partial charge in [-0.15, -0.1) is 0 Å². The Morgan fingerprint density at radius 2 is 0.750 bits per heavy atom. The molecule has 0 amide bonds. The van der Waals surface area contributed by atoms with Crippen molar-refractivity contribution in [1.29, 1.82) is 0 Å². The third kappa shape index (κ3) is 8.93. The van der Waals surface area contributed by atoms with Crippen LogP contribution in [0, 0.1) is 0 Å². The van der Waals surface area contributed by atoms with Crippen molar-refractivity contribution in [2.45, 2.75) is 0 Å². The summed E-state index contributed by atoms with van der Waals surface area (Å²) < 4.78 is 0. The van der Waals surface area contributed by atoms with Crippen molar-refractivity contribution in [3.63, 3.8) is 0 Å². The average Bonchev–Trinajstić information content (AvgIpc) is 0. The Labute approximate surface area is 93.8 Å². The normalized spacial score (nSPS) is 0. The van der Waals surface area contributed by atoms with Crippen molar-refractivity contribution < 1.29 is 82.3 Å². The second kappa shape index (κ2) is 16.5. The Bertz CT molecular complexity index is 6.00. The molecule has 0 spiro atoms. The third-order valence-corrected chi connectivity index (χ3v) is 0. The van der Waals surface area contributed by atoms with E-state index in [9.17, 15) is 0 Å². The summed E-state index contributed by atoms with van der Waals surface area (Å²) in [6, 6.07) is 0. The van der Waals surface area contributed by atoms with Gasteiger partial charge in [0.05, 0.1) is 0 Å². The monoisotopic (exact) mass is 462 g/mol. The zero-order valence-corrected chi connectivity index (χ0v) is 16.9. The molecule has 0 aliphatic heterocycles. The smallest absolute Gasteiger partial charge is 2.00 e. The molecule has 4 heavy (non-hydrogen) atoms. The summed E-state index contributed by atoms with van der Waals surface area (Å²) in [6.45, 7) is 0. The van der Waals surface area contributed by atoms with Crippen LogP contribution in [0.25, 0.3) is 0 Å². The van der Waals surface area contributed by atoms with Gasteiger partial charge in [-0.05, 0) is 0 Å². The Hall–Kier alpha value is 3.13. The van der Waals surface area contributed by atoms with E-state index < -0.39 is 0 Å². The van der Waals surface area contributed by atoms with Crippen molar-refractivity contribution in [3.05, 3.63) is 0 Å². The van der Waals surface area contributed by atoms with Gasteiger partial charge in [0.15, 0.2) is 0 Å². The molecule has 9 valence electrons. The van der Waals surface area contributed by atoms with Crippen LogP contribution in [0.2, 0.25) is 0 Å². The summed E-state index contributed by atoms with van der Waals surface area (Å²) in [4.78, 5) is 0. The number of hydrogen-bond acceptors (Lipinski definition) is 0. The van der Waals surface area contributed by atoms with Gasteiger partial charge in [-0.25, -0.2) is 0 Å². The summed E-state index contributed by atoms with van der Waals surface area (Å²) in [5, 5.41) is 0. The van der Waals surface area contributed by atoms with E-state index in [4.69, 9.17) is 0 Å². The Morgan fingerprint density at radius 1 is 0.750 bits per heavy atom. The largest absolute Gasteiger partial charge is 2.00 e. The minimum Gasteiger partial charge on any atom is -2.00 e. The van der Waals surface area contributed by atoms with E-state index in [1.54, 1.807) is 0 Å². The molecule has 0 aromatic carbocycles. The van der Waals surface area contributed by atoms with Gasteiger partial charge < -0.3 is 13.5 Å². The zero-order chi connectivity index (χ0) is 0. The minimum absolute atomic E-state index is 0. The fourth-order valence-corrected chi connectivity index (χ4v) is 0. The summed E-state index contributed by atoms with van der Waals surface area (Å²) in [5.74, 6) is 0. The molecule has 1 radical (unpaired) electrons. The molecule has 4 heteroatoms. The quantitative estimate of drug-likeness (QED) is 0.449. The van der Waals surface area contributed by atoms with Gasteiger partial charge in [0.2, 0.25) is 0 Å². The molecule has 0 nitrogen and oxygen atoms in total. The van der Waals surface area contributed by atoms with Crippen LogP contribution in [0.1, 0.15) is 0 Å². The van der Waals surface area contributed by atoms with E-state index in [-0.39, 0.29) is 95.8 Å². The molecule has 0 bridgehead atoms. The van der Waals surface area contributed by atoms with Crippen LogP contribution >= 0.6 is 0 Å². The van der Waals surface area contributed by atoms with E-state index in [2.05, 4.69) is 0 Å².